The van der Waals surface area contributed by atoms with E-state index in [0.717, 1.165) is 0 Å². The summed E-state index contributed by atoms with van der Waals surface area (Å²) in [4.78, 5) is 11.0. The summed E-state index contributed by atoms with van der Waals surface area (Å²) in [6.07, 6.45) is -5.23. The second-order valence-corrected chi connectivity index (χ2v) is 0.862. The third kappa shape index (κ3) is 4.68. The second kappa shape index (κ2) is 4.08. The molecule has 0 aromatic rings. The molecule has 50 valence electrons. The molecule has 0 rings (SSSR count). The summed E-state index contributed by atoms with van der Waals surface area (Å²) in [5, 5.41) is 0. The van der Waals surface area contributed by atoms with Crippen LogP contribution in [0.3, 0.4) is 0 Å². The third-order valence-corrected chi connectivity index (χ3v) is 0.302. The fourth-order valence-corrected chi connectivity index (χ4v) is 0.0437. The van der Waals surface area contributed by atoms with Crippen LogP contribution in [-0.4, -0.2) is 12.1 Å². The van der Waals surface area contributed by atoms with E-state index in [-0.39, 0.29) is 31.0 Å². The summed E-state index contributed by atoms with van der Waals surface area (Å²) in [7, 11) is 0. The SMILES string of the molecule is O=C(OF)C(F)(F)F.[H-].[Na+]. The van der Waals surface area contributed by atoms with Gasteiger partial charge >= 0.3 is 41.7 Å². The van der Waals surface area contributed by atoms with Gasteiger partial charge in [0.25, 0.3) is 0 Å². The average Bonchev–Trinajstić information content (AvgIpc) is 1.62. The zero-order valence-corrected chi connectivity index (χ0v) is 6.33. The van der Waals surface area contributed by atoms with Crippen molar-refractivity contribution in [3.8, 4) is 0 Å². The van der Waals surface area contributed by atoms with Crippen molar-refractivity contribution < 1.29 is 58.4 Å². The van der Waals surface area contributed by atoms with E-state index in [1.165, 1.54) is 0 Å². The molecule has 0 bridgehead atoms. The molecule has 0 aliphatic rings. The summed E-state index contributed by atoms with van der Waals surface area (Å²) < 4.78 is 42.5. The molecule has 0 spiro atoms. The summed E-state index contributed by atoms with van der Waals surface area (Å²) in [5.41, 5.74) is 0. The maximum Gasteiger partial charge on any atom is 1.00 e. The van der Waals surface area contributed by atoms with Crippen molar-refractivity contribution in [3.63, 3.8) is 0 Å². The minimum atomic E-state index is -5.23. The van der Waals surface area contributed by atoms with E-state index in [1.807, 2.05) is 4.94 Å². The van der Waals surface area contributed by atoms with Crippen molar-refractivity contribution in [1.29, 1.82) is 0 Å². The summed E-state index contributed by atoms with van der Waals surface area (Å²) in [6, 6.07) is 0. The second-order valence-electron chi connectivity index (χ2n) is 0.862. The summed E-state index contributed by atoms with van der Waals surface area (Å²) >= 11 is 0. The number of halogens is 4. The number of hydrogen-bond acceptors (Lipinski definition) is 2. The largest absolute Gasteiger partial charge is 1.00 e. The zero-order chi connectivity index (χ0) is 6.78. The molecule has 0 heterocycles. The van der Waals surface area contributed by atoms with Crippen LogP contribution in [0.15, 0.2) is 0 Å². The first-order chi connectivity index (χ1) is 3.48. The maximum absolute atomic E-state index is 10.7. The molecule has 0 fully saturated rings. The van der Waals surface area contributed by atoms with Crippen molar-refractivity contribution in [3.05, 3.63) is 0 Å². The van der Waals surface area contributed by atoms with Gasteiger partial charge in [-0.15, -0.1) is 0 Å². The van der Waals surface area contributed by atoms with Crippen LogP contribution in [-0.2, 0) is 9.74 Å². The van der Waals surface area contributed by atoms with Crippen molar-refractivity contribution in [2.75, 3.05) is 0 Å². The van der Waals surface area contributed by atoms with Gasteiger partial charge in [-0.1, -0.05) is 0 Å². The van der Waals surface area contributed by atoms with E-state index in [0.29, 0.717) is 0 Å². The van der Waals surface area contributed by atoms with Gasteiger partial charge in [0.15, 0.2) is 0 Å². The van der Waals surface area contributed by atoms with Crippen LogP contribution in [0.2, 0.25) is 0 Å². The van der Waals surface area contributed by atoms with E-state index in [2.05, 4.69) is 0 Å². The Bertz CT molecular complexity index is 104. The Morgan fingerprint density at radius 3 is 1.78 bits per heavy atom. The maximum atomic E-state index is 10.7. The third-order valence-electron chi connectivity index (χ3n) is 0.302. The van der Waals surface area contributed by atoms with Gasteiger partial charge in [0.2, 0.25) is 0 Å². The molecule has 0 N–H and O–H groups in total. The van der Waals surface area contributed by atoms with Gasteiger partial charge in [-0.05, 0) is 0 Å². The molecule has 0 saturated carbocycles. The molecule has 0 aromatic heterocycles. The molecular formula is C2HF4NaO2. The molecule has 7 heteroatoms. The molecule has 0 amide bonds. The Balaban J connectivity index is -0.000000245. The first-order valence-corrected chi connectivity index (χ1v) is 1.38. The first-order valence-electron chi connectivity index (χ1n) is 1.38. The number of hydrogen-bond donors (Lipinski definition) is 0. The van der Waals surface area contributed by atoms with Gasteiger partial charge in [-0.2, -0.15) is 13.2 Å². The molecule has 9 heavy (non-hydrogen) atoms. The monoisotopic (exact) mass is 156 g/mol. The van der Waals surface area contributed by atoms with E-state index < -0.39 is 12.1 Å². The van der Waals surface area contributed by atoms with Crippen LogP contribution in [0.25, 0.3) is 0 Å². The van der Waals surface area contributed by atoms with Gasteiger partial charge < -0.3 is 1.43 Å². The molecule has 0 aliphatic heterocycles. The first kappa shape index (κ1) is 11.9. The molecule has 2 nitrogen and oxygen atoms in total. The summed E-state index contributed by atoms with van der Waals surface area (Å²) in [5.74, 6) is -2.84. The quantitative estimate of drug-likeness (QED) is 0.302. The fourth-order valence-electron chi connectivity index (χ4n) is 0.0437. The minimum absolute atomic E-state index is 0. The predicted molar refractivity (Wildman–Crippen MR) is 14.4 cm³/mol. The minimum Gasteiger partial charge on any atom is -1.00 e. The average molecular weight is 156 g/mol. The van der Waals surface area contributed by atoms with Crippen molar-refractivity contribution in [2.24, 2.45) is 0 Å². The van der Waals surface area contributed by atoms with Crippen molar-refractivity contribution >= 4 is 5.97 Å². The van der Waals surface area contributed by atoms with Gasteiger partial charge in [-0.25, -0.2) is 9.74 Å². The van der Waals surface area contributed by atoms with Crippen molar-refractivity contribution in [1.82, 2.24) is 0 Å². The van der Waals surface area contributed by atoms with Crippen LogP contribution in [0.1, 0.15) is 1.43 Å². The van der Waals surface area contributed by atoms with Crippen LogP contribution in [0, 0.1) is 0 Å². The van der Waals surface area contributed by atoms with E-state index >= 15 is 0 Å². The van der Waals surface area contributed by atoms with Crippen LogP contribution >= 0.6 is 0 Å². The van der Waals surface area contributed by atoms with E-state index in [9.17, 15) is 17.7 Å². The van der Waals surface area contributed by atoms with E-state index in [4.69, 9.17) is 4.79 Å². The normalized spacial score (nSPS) is 9.78. The molecule has 0 aliphatic carbocycles. The molecule has 0 aromatic carbocycles. The number of carbonyl (C=O) groups excluding carboxylic acids is 1. The van der Waals surface area contributed by atoms with Gasteiger partial charge in [0.1, 0.15) is 0 Å². The molecule has 0 unspecified atom stereocenters. The van der Waals surface area contributed by atoms with Gasteiger partial charge in [0, 0.05) is 4.53 Å². The number of rotatable bonds is 0. The topological polar surface area (TPSA) is 26.3 Å². The Kier molecular flexibility index (Phi) is 5.40. The Hall–Kier alpha value is 0.190. The predicted octanol–water partition coefficient (Wildman–Crippen LogP) is -1.91. The molecule has 0 atom stereocenters. The smallest absolute Gasteiger partial charge is 1.00 e. The number of alkyl halides is 3. The van der Waals surface area contributed by atoms with Crippen LogP contribution in [0.5, 0.6) is 0 Å². The zero-order valence-electron chi connectivity index (χ0n) is 5.33. The Morgan fingerprint density at radius 1 is 1.44 bits per heavy atom. The van der Waals surface area contributed by atoms with Crippen LogP contribution < -0.4 is 29.6 Å². The van der Waals surface area contributed by atoms with Gasteiger partial charge in [0.05, 0.1) is 0 Å². The van der Waals surface area contributed by atoms with Crippen molar-refractivity contribution in [2.45, 2.75) is 6.18 Å². The molecule has 0 radical (unpaired) electrons. The van der Waals surface area contributed by atoms with E-state index in [1.54, 1.807) is 0 Å². The molecule has 0 saturated heterocycles. The standard InChI is InChI=1S/C2F4O2.Na.H/c3-2(4,5)1(7)8-6;;/q;+1;-1. The Morgan fingerprint density at radius 2 is 1.78 bits per heavy atom. The molecular weight excluding hydrogens is 155 g/mol. The Labute approximate surface area is 70.8 Å². The fraction of sp³-hybridized carbons (Fsp3) is 0.500. The van der Waals surface area contributed by atoms with Crippen LogP contribution in [0.4, 0.5) is 17.7 Å². The number of carbonyl (C=O) groups is 1. The van der Waals surface area contributed by atoms with Gasteiger partial charge in [-0.3, -0.25) is 0 Å². The summed E-state index contributed by atoms with van der Waals surface area (Å²) in [6.45, 7) is 0.